The minimum atomic E-state index is -0.405. The SMILES string of the molecule is CCOC(=O)c1c(NC(=O)CSc2nnc(CNC(=O)c3ccc(OC)c(OC)c3)n2Cc2ccccc2)sc2c1CCC2. The van der Waals surface area contributed by atoms with Crippen LogP contribution in [-0.4, -0.2) is 59.1 Å². The second-order valence-electron chi connectivity index (χ2n) is 9.84. The Morgan fingerprint density at radius 2 is 1.82 bits per heavy atom. The van der Waals surface area contributed by atoms with Crippen molar-refractivity contribution in [3.05, 3.63) is 81.5 Å². The minimum Gasteiger partial charge on any atom is -0.493 e. The van der Waals surface area contributed by atoms with Crippen LogP contribution < -0.4 is 20.1 Å². The number of thiophene rings is 1. The lowest BCUT2D eigenvalue weighted by molar-refractivity contribution is -0.113. The van der Waals surface area contributed by atoms with E-state index in [-0.39, 0.29) is 30.7 Å². The summed E-state index contributed by atoms with van der Waals surface area (Å²) in [5.41, 5.74) is 2.88. The number of carbonyl (C=O) groups excluding carboxylic acids is 3. The molecule has 2 N–H and O–H groups in total. The van der Waals surface area contributed by atoms with Crippen LogP contribution in [0.15, 0.2) is 53.7 Å². The fraction of sp³-hybridized carbons (Fsp3) is 0.323. The van der Waals surface area contributed by atoms with Crippen molar-refractivity contribution in [3.8, 4) is 11.5 Å². The maximum absolute atomic E-state index is 13.1. The molecule has 5 rings (SSSR count). The number of hydrogen-bond acceptors (Lipinski definition) is 10. The van der Waals surface area contributed by atoms with Gasteiger partial charge in [-0.2, -0.15) is 0 Å². The molecule has 11 nitrogen and oxygen atoms in total. The zero-order valence-corrected chi connectivity index (χ0v) is 26.3. The molecule has 0 radical (unpaired) electrons. The Hall–Kier alpha value is -4.36. The van der Waals surface area contributed by atoms with Crippen LogP contribution in [0.25, 0.3) is 0 Å². The number of aromatic nitrogens is 3. The number of aryl methyl sites for hydroxylation is 1. The third kappa shape index (κ3) is 7.05. The summed E-state index contributed by atoms with van der Waals surface area (Å²) in [6.07, 6.45) is 2.69. The first kappa shape index (κ1) is 31.1. The third-order valence-electron chi connectivity index (χ3n) is 7.02. The van der Waals surface area contributed by atoms with Gasteiger partial charge in [0.2, 0.25) is 5.91 Å². The number of nitrogens with zero attached hydrogens (tertiary/aromatic N) is 3. The van der Waals surface area contributed by atoms with Crippen LogP contribution in [0.2, 0.25) is 0 Å². The molecule has 4 aromatic rings. The zero-order valence-electron chi connectivity index (χ0n) is 24.7. The van der Waals surface area contributed by atoms with Crippen LogP contribution in [0, 0.1) is 0 Å². The highest BCUT2D eigenvalue weighted by atomic mass is 32.2. The number of carbonyl (C=O) groups is 3. The summed E-state index contributed by atoms with van der Waals surface area (Å²) in [6.45, 7) is 2.59. The van der Waals surface area contributed by atoms with E-state index in [2.05, 4.69) is 20.8 Å². The molecule has 2 amide bonds. The van der Waals surface area contributed by atoms with E-state index in [4.69, 9.17) is 14.2 Å². The lowest BCUT2D eigenvalue weighted by atomic mass is 10.1. The Kier molecular flexibility index (Phi) is 10.2. The minimum absolute atomic E-state index is 0.0513. The Bertz CT molecular complexity index is 1650. The van der Waals surface area contributed by atoms with E-state index in [0.717, 1.165) is 35.3 Å². The number of nitrogens with one attached hydrogen (secondary N) is 2. The van der Waals surface area contributed by atoms with Crippen LogP contribution in [0.5, 0.6) is 11.5 Å². The quantitative estimate of drug-likeness (QED) is 0.158. The highest BCUT2D eigenvalue weighted by Gasteiger charge is 2.28. The van der Waals surface area contributed by atoms with Gasteiger partial charge >= 0.3 is 5.97 Å². The van der Waals surface area contributed by atoms with E-state index in [1.165, 1.54) is 37.3 Å². The topological polar surface area (TPSA) is 134 Å². The number of anilines is 1. The van der Waals surface area contributed by atoms with Crippen molar-refractivity contribution in [2.24, 2.45) is 0 Å². The standard InChI is InChI=1S/C31H33N5O6S2/c1-4-42-30(39)27-21-11-8-12-24(21)44-29(27)33-26(37)18-43-31-35-34-25(36(31)17-19-9-6-5-7-10-19)16-32-28(38)20-13-14-22(40-2)23(15-20)41-3/h5-7,9-10,13-15H,4,8,11-12,16-18H2,1-3H3,(H,32,38)(H,33,37). The highest BCUT2D eigenvalue weighted by molar-refractivity contribution is 7.99. The number of fused-ring (bicyclic) bond motifs is 1. The molecule has 230 valence electrons. The second-order valence-corrected chi connectivity index (χ2v) is 11.9. The van der Waals surface area contributed by atoms with Gasteiger partial charge in [0.15, 0.2) is 22.5 Å². The Balaban J connectivity index is 1.29. The van der Waals surface area contributed by atoms with Crippen LogP contribution in [-0.2, 0) is 35.5 Å². The molecule has 1 aliphatic carbocycles. The van der Waals surface area contributed by atoms with Gasteiger partial charge in [0.05, 0.1) is 45.2 Å². The molecule has 44 heavy (non-hydrogen) atoms. The highest BCUT2D eigenvalue weighted by Crippen LogP contribution is 2.39. The number of esters is 1. The third-order valence-corrected chi connectivity index (χ3v) is 9.19. The molecule has 0 bridgehead atoms. The molecule has 2 aromatic heterocycles. The first-order valence-electron chi connectivity index (χ1n) is 14.1. The fourth-order valence-electron chi connectivity index (χ4n) is 4.92. The Morgan fingerprint density at radius 1 is 1.02 bits per heavy atom. The fourth-order valence-corrected chi connectivity index (χ4v) is 6.97. The average molecular weight is 636 g/mol. The first-order chi connectivity index (χ1) is 21.4. The van der Waals surface area contributed by atoms with E-state index in [1.807, 2.05) is 34.9 Å². The van der Waals surface area contributed by atoms with Crippen molar-refractivity contribution < 1.29 is 28.6 Å². The molecule has 2 aromatic carbocycles. The van der Waals surface area contributed by atoms with Gasteiger partial charge in [-0.1, -0.05) is 42.1 Å². The summed E-state index contributed by atoms with van der Waals surface area (Å²) in [7, 11) is 3.04. The van der Waals surface area contributed by atoms with Crippen molar-refractivity contribution in [2.45, 2.75) is 44.4 Å². The summed E-state index contributed by atoms with van der Waals surface area (Å²) in [5.74, 6) is 0.577. The summed E-state index contributed by atoms with van der Waals surface area (Å²) in [6, 6.07) is 14.7. The number of amides is 2. The van der Waals surface area contributed by atoms with Gasteiger partial charge in [-0.3, -0.25) is 9.59 Å². The van der Waals surface area contributed by atoms with Crippen molar-refractivity contribution in [3.63, 3.8) is 0 Å². The molecule has 0 fully saturated rings. The first-order valence-corrected chi connectivity index (χ1v) is 15.9. The molecular weight excluding hydrogens is 603 g/mol. The van der Waals surface area contributed by atoms with E-state index in [0.29, 0.717) is 45.2 Å². The molecule has 0 spiro atoms. The molecular formula is C31H33N5O6S2. The summed E-state index contributed by atoms with van der Waals surface area (Å²) in [5, 5.41) is 15.6. The van der Waals surface area contributed by atoms with Crippen LogP contribution >= 0.6 is 23.1 Å². The van der Waals surface area contributed by atoms with E-state index < -0.39 is 5.97 Å². The zero-order chi connectivity index (χ0) is 31.1. The van der Waals surface area contributed by atoms with Gasteiger partial charge in [-0.15, -0.1) is 21.5 Å². The summed E-state index contributed by atoms with van der Waals surface area (Å²) in [4.78, 5) is 39.9. The van der Waals surface area contributed by atoms with Gasteiger partial charge in [0, 0.05) is 10.4 Å². The molecule has 0 saturated carbocycles. The van der Waals surface area contributed by atoms with Crippen LogP contribution in [0.4, 0.5) is 5.00 Å². The normalized spacial score (nSPS) is 12.0. The van der Waals surface area contributed by atoms with Crippen molar-refractivity contribution in [2.75, 3.05) is 31.9 Å². The summed E-state index contributed by atoms with van der Waals surface area (Å²) >= 11 is 2.68. The van der Waals surface area contributed by atoms with Crippen molar-refractivity contribution >= 4 is 45.9 Å². The average Bonchev–Trinajstić information content (AvgIpc) is 3.74. The van der Waals surface area contributed by atoms with Crippen LogP contribution in [0.3, 0.4) is 0 Å². The van der Waals surface area contributed by atoms with Gasteiger partial charge in [0.1, 0.15) is 5.00 Å². The largest absolute Gasteiger partial charge is 0.493 e. The molecule has 13 heteroatoms. The maximum atomic E-state index is 13.1. The predicted molar refractivity (Wildman–Crippen MR) is 168 cm³/mol. The number of benzene rings is 2. The molecule has 1 aliphatic rings. The van der Waals surface area contributed by atoms with Crippen LogP contribution in [0.1, 0.15) is 55.9 Å². The smallest absolute Gasteiger partial charge is 0.341 e. The number of rotatable bonds is 13. The monoisotopic (exact) mass is 635 g/mol. The van der Waals surface area contributed by atoms with Gasteiger partial charge < -0.3 is 29.4 Å². The number of ether oxygens (including phenoxy) is 3. The molecule has 0 aliphatic heterocycles. The number of hydrogen-bond donors (Lipinski definition) is 2. The van der Waals surface area contributed by atoms with E-state index in [9.17, 15) is 14.4 Å². The Morgan fingerprint density at radius 3 is 2.57 bits per heavy atom. The van der Waals surface area contributed by atoms with Gasteiger partial charge in [-0.05, 0) is 55.5 Å². The van der Waals surface area contributed by atoms with E-state index >= 15 is 0 Å². The molecule has 0 unspecified atom stereocenters. The molecule has 0 atom stereocenters. The van der Waals surface area contributed by atoms with Crippen molar-refractivity contribution in [1.82, 2.24) is 20.1 Å². The summed E-state index contributed by atoms with van der Waals surface area (Å²) < 4.78 is 17.7. The number of methoxy groups -OCH3 is 2. The van der Waals surface area contributed by atoms with E-state index in [1.54, 1.807) is 25.1 Å². The van der Waals surface area contributed by atoms with Gasteiger partial charge in [0.25, 0.3) is 5.91 Å². The number of thioether (sulfide) groups is 1. The lowest BCUT2D eigenvalue weighted by Crippen LogP contribution is -2.25. The Labute approximate surface area is 263 Å². The van der Waals surface area contributed by atoms with Gasteiger partial charge in [-0.25, -0.2) is 4.79 Å². The maximum Gasteiger partial charge on any atom is 0.341 e. The van der Waals surface area contributed by atoms with Crippen molar-refractivity contribution in [1.29, 1.82) is 0 Å². The molecule has 0 saturated heterocycles. The predicted octanol–water partition coefficient (Wildman–Crippen LogP) is 4.73. The molecule has 2 heterocycles. The lowest BCUT2D eigenvalue weighted by Gasteiger charge is -2.12. The second kappa shape index (κ2) is 14.4.